The summed E-state index contributed by atoms with van der Waals surface area (Å²) >= 11 is 5.75. The largest absolute Gasteiger partial charge is 0.444 e. The summed E-state index contributed by atoms with van der Waals surface area (Å²) in [6.07, 6.45) is 1.45. The van der Waals surface area contributed by atoms with Crippen molar-refractivity contribution in [1.82, 2.24) is 9.62 Å². The van der Waals surface area contributed by atoms with Gasteiger partial charge in [0, 0.05) is 45.9 Å². The molecular formula is C23H30N4O3S2. The van der Waals surface area contributed by atoms with Gasteiger partial charge in [0.1, 0.15) is 5.60 Å². The molecule has 1 heterocycles. The molecule has 7 nitrogen and oxygen atoms in total. The highest BCUT2D eigenvalue weighted by Gasteiger charge is 2.26. The molecule has 1 saturated heterocycles. The fourth-order valence-electron chi connectivity index (χ4n) is 3.19. The van der Waals surface area contributed by atoms with Gasteiger partial charge in [-0.05, 0) is 82.0 Å². The minimum atomic E-state index is -0.481. The van der Waals surface area contributed by atoms with E-state index in [1.165, 1.54) is 11.9 Å². The average Bonchev–Trinajstić information content (AvgIpc) is 2.73. The SMILES string of the molecule is CC(C)(C)OC(=O)N1CCC(NSc2cccc(NC(=O)c3ccc(S)c(N)c3)c2)CC1. The molecule has 0 bridgehead atoms. The van der Waals surface area contributed by atoms with Gasteiger partial charge in [-0.2, -0.15) is 0 Å². The first-order valence-corrected chi connectivity index (χ1v) is 11.8. The Hall–Kier alpha value is -2.36. The van der Waals surface area contributed by atoms with Gasteiger partial charge in [0.15, 0.2) is 0 Å². The Morgan fingerprint density at radius 2 is 1.88 bits per heavy atom. The second-order valence-corrected chi connectivity index (χ2v) is 10.1. The first-order valence-electron chi connectivity index (χ1n) is 10.5. The number of likely N-dealkylation sites (tertiary alicyclic amines) is 1. The number of benzene rings is 2. The van der Waals surface area contributed by atoms with Gasteiger partial charge in [-0.25, -0.2) is 4.79 Å². The van der Waals surface area contributed by atoms with Crippen LogP contribution < -0.4 is 15.8 Å². The third kappa shape index (κ3) is 7.08. The molecule has 1 fully saturated rings. The van der Waals surface area contributed by atoms with Gasteiger partial charge in [0.05, 0.1) is 0 Å². The van der Waals surface area contributed by atoms with E-state index >= 15 is 0 Å². The summed E-state index contributed by atoms with van der Waals surface area (Å²) < 4.78 is 8.92. The van der Waals surface area contributed by atoms with Crippen molar-refractivity contribution in [3.63, 3.8) is 0 Å². The maximum atomic E-state index is 12.5. The van der Waals surface area contributed by atoms with Crippen molar-refractivity contribution in [2.24, 2.45) is 0 Å². The Morgan fingerprint density at radius 1 is 1.16 bits per heavy atom. The number of thiol groups is 1. The summed E-state index contributed by atoms with van der Waals surface area (Å²) in [5.74, 6) is -0.227. The summed E-state index contributed by atoms with van der Waals surface area (Å²) in [6, 6.07) is 12.9. The van der Waals surface area contributed by atoms with Crippen LogP contribution in [0.25, 0.3) is 0 Å². The molecule has 1 aliphatic heterocycles. The summed E-state index contributed by atoms with van der Waals surface area (Å²) in [6.45, 7) is 6.95. The number of amides is 2. The first-order chi connectivity index (χ1) is 15.1. The highest BCUT2D eigenvalue weighted by atomic mass is 32.2. The molecule has 32 heavy (non-hydrogen) atoms. The van der Waals surface area contributed by atoms with Crippen molar-refractivity contribution in [1.29, 1.82) is 0 Å². The highest BCUT2D eigenvalue weighted by Crippen LogP contribution is 2.24. The van der Waals surface area contributed by atoms with Crippen LogP contribution in [0.5, 0.6) is 0 Å². The fourth-order valence-corrected chi connectivity index (χ4v) is 4.20. The lowest BCUT2D eigenvalue weighted by atomic mass is 10.1. The highest BCUT2D eigenvalue weighted by molar-refractivity contribution is 7.97. The smallest absolute Gasteiger partial charge is 0.410 e. The van der Waals surface area contributed by atoms with Crippen molar-refractivity contribution in [3.8, 4) is 0 Å². The van der Waals surface area contributed by atoms with Crippen LogP contribution in [-0.4, -0.2) is 41.6 Å². The van der Waals surface area contributed by atoms with E-state index < -0.39 is 5.60 Å². The van der Waals surface area contributed by atoms with Gasteiger partial charge >= 0.3 is 6.09 Å². The third-order valence-corrected chi connectivity index (χ3v) is 6.22. The van der Waals surface area contributed by atoms with Crippen LogP contribution in [-0.2, 0) is 4.74 Å². The molecule has 0 radical (unpaired) electrons. The Bertz CT molecular complexity index is 970. The van der Waals surface area contributed by atoms with Gasteiger partial charge in [-0.15, -0.1) is 12.6 Å². The molecule has 0 unspecified atom stereocenters. The number of carbonyl (C=O) groups is 2. The fraction of sp³-hybridized carbons (Fsp3) is 0.391. The van der Waals surface area contributed by atoms with E-state index in [2.05, 4.69) is 22.7 Å². The number of nitrogens with one attached hydrogen (secondary N) is 2. The van der Waals surface area contributed by atoms with E-state index in [1.54, 1.807) is 23.1 Å². The van der Waals surface area contributed by atoms with Crippen LogP contribution in [0, 0.1) is 0 Å². The normalized spacial score (nSPS) is 14.8. The first kappa shape index (κ1) is 24.3. The molecule has 0 aliphatic carbocycles. The summed E-state index contributed by atoms with van der Waals surface area (Å²) in [5.41, 5.74) is 7.01. The number of hydrogen-bond acceptors (Lipinski definition) is 7. The maximum Gasteiger partial charge on any atom is 0.410 e. The number of rotatable bonds is 5. The van der Waals surface area contributed by atoms with Crippen LogP contribution in [0.2, 0.25) is 0 Å². The molecular weight excluding hydrogens is 444 g/mol. The van der Waals surface area contributed by atoms with E-state index in [1.807, 2.05) is 45.0 Å². The predicted octanol–water partition coefficient (Wildman–Crippen LogP) is 4.81. The Morgan fingerprint density at radius 3 is 2.53 bits per heavy atom. The Labute approximate surface area is 199 Å². The molecule has 2 aromatic carbocycles. The Balaban J connectivity index is 1.49. The second kappa shape index (κ2) is 10.5. The van der Waals surface area contributed by atoms with Gasteiger partial charge in [-0.3, -0.25) is 9.52 Å². The Kier molecular flexibility index (Phi) is 7.97. The van der Waals surface area contributed by atoms with Gasteiger partial charge in [0.2, 0.25) is 0 Å². The van der Waals surface area contributed by atoms with E-state index in [-0.39, 0.29) is 12.0 Å². The molecule has 0 atom stereocenters. The minimum Gasteiger partial charge on any atom is -0.444 e. The zero-order valence-electron chi connectivity index (χ0n) is 18.6. The molecule has 0 aromatic heterocycles. The van der Waals surface area contributed by atoms with Gasteiger partial charge in [-0.1, -0.05) is 6.07 Å². The molecule has 172 valence electrons. The van der Waals surface area contributed by atoms with E-state index in [9.17, 15) is 9.59 Å². The van der Waals surface area contributed by atoms with Gasteiger partial charge < -0.3 is 20.7 Å². The number of nitrogens with two attached hydrogens (primary N) is 1. The van der Waals surface area contributed by atoms with Crippen molar-refractivity contribution in [2.45, 2.75) is 55.0 Å². The quantitative estimate of drug-likeness (QED) is 0.282. The predicted molar refractivity (Wildman–Crippen MR) is 132 cm³/mol. The van der Waals surface area contributed by atoms with Gasteiger partial charge in [0.25, 0.3) is 5.91 Å². The number of nitrogens with zero attached hydrogens (tertiary/aromatic N) is 1. The van der Waals surface area contributed by atoms with Crippen LogP contribution in [0.3, 0.4) is 0 Å². The molecule has 2 amide bonds. The maximum absolute atomic E-state index is 12.5. The van der Waals surface area contributed by atoms with Crippen LogP contribution in [0.4, 0.5) is 16.2 Å². The number of hydrogen-bond donors (Lipinski definition) is 4. The molecule has 3 rings (SSSR count). The lowest BCUT2D eigenvalue weighted by Gasteiger charge is -2.33. The summed E-state index contributed by atoms with van der Waals surface area (Å²) in [5, 5.41) is 2.90. The summed E-state index contributed by atoms with van der Waals surface area (Å²) in [4.78, 5) is 28.1. The molecule has 2 aromatic rings. The number of anilines is 2. The van der Waals surface area contributed by atoms with Crippen LogP contribution in [0.1, 0.15) is 44.0 Å². The van der Waals surface area contributed by atoms with E-state index in [0.717, 1.165) is 17.7 Å². The lowest BCUT2D eigenvalue weighted by molar-refractivity contribution is 0.0204. The standard InChI is InChI=1S/C23H30N4O3S2/c1-23(2,3)30-22(29)27-11-9-16(10-12-27)26-32-18-6-4-5-17(14-18)25-21(28)15-7-8-20(31)19(24)13-15/h4-8,13-14,16,26,31H,9-12,24H2,1-3H3,(H,25,28). The minimum absolute atomic E-state index is 0.227. The second-order valence-electron chi connectivity index (χ2n) is 8.72. The number of ether oxygens (including phenoxy) is 1. The molecule has 0 spiro atoms. The zero-order valence-corrected chi connectivity index (χ0v) is 20.3. The number of carbonyl (C=O) groups excluding carboxylic acids is 2. The molecule has 1 aliphatic rings. The van der Waals surface area contributed by atoms with Crippen LogP contribution in [0.15, 0.2) is 52.3 Å². The third-order valence-electron chi connectivity index (χ3n) is 4.87. The molecule has 0 saturated carbocycles. The average molecular weight is 475 g/mol. The van der Waals surface area contributed by atoms with E-state index in [0.29, 0.717) is 41.0 Å². The van der Waals surface area contributed by atoms with Crippen LogP contribution >= 0.6 is 24.6 Å². The zero-order chi connectivity index (χ0) is 23.3. The molecule has 4 N–H and O–H groups in total. The summed E-state index contributed by atoms with van der Waals surface area (Å²) in [7, 11) is 0. The number of piperidine rings is 1. The molecule has 9 heteroatoms. The van der Waals surface area contributed by atoms with Crippen molar-refractivity contribution in [3.05, 3.63) is 48.0 Å². The van der Waals surface area contributed by atoms with Crippen molar-refractivity contribution in [2.75, 3.05) is 24.1 Å². The lowest BCUT2D eigenvalue weighted by Crippen LogP contribution is -2.45. The number of nitrogen functional groups attached to an aromatic ring is 1. The van der Waals surface area contributed by atoms with Crippen molar-refractivity contribution >= 4 is 48.0 Å². The topological polar surface area (TPSA) is 96.7 Å². The van der Waals surface area contributed by atoms with Crippen molar-refractivity contribution < 1.29 is 14.3 Å². The van der Waals surface area contributed by atoms with E-state index in [4.69, 9.17) is 10.5 Å². The monoisotopic (exact) mass is 474 g/mol.